The third-order valence-electron chi connectivity index (χ3n) is 2.36. The molecular formula is C14H26. The van der Waals surface area contributed by atoms with Gasteiger partial charge in [0.15, 0.2) is 0 Å². The van der Waals surface area contributed by atoms with E-state index in [-0.39, 0.29) is 0 Å². The lowest BCUT2D eigenvalue weighted by atomic mass is 10.1. The van der Waals surface area contributed by atoms with Crippen LogP contribution in [0, 0.1) is 0 Å². The molecule has 0 unspecified atom stereocenters. The van der Waals surface area contributed by atoms with Crippen LogP contribution in [-0.4, -0.2) is 0 Å². The largest absolute Gasteiger partial charge is 0.0843 e. The van der Waals surface area contributed by atoms with Gasteiger partial charge in [-0.25, -0.2) is 0 Å². The van der Waals surface area contributed by atoms with Crippen LogP contribution in [-0.2, 0) is 0 Å². The first-order valence-electron chi connectivity index (χ1n) is 6.14. The molecule has 0 saturated carbocycles. The highest BCUT2D eigenvalue weighted by Crippen LogP contribution is 2.06. The highest BCUT2D eigenvalue weighted by Gasteiger charge is 1.86. The Morgan fingerprint density at radius 3 is 2.36 bits per heavy atom. The van der Waals surface area contributed by atoms with E-state index >= 15 is 0 Å². The summed E-state index contributed by atoms with van der Waals surface area (Å²) in [4.78, 5) is 0. The molecule has 82 valence electrons. The molecule has 0 aromatic rings. The average molecular weight is 194 g/mol. The lowest BCUT2D eigenvalue weighted by Crippen LogP contribution is -1.76. The Morgan fingerprint density at radius 2 is 1.71 bits per heavy atom. The van der Waals surface area contributed by atoms with Crippen molar-refractivity contribution in [2.75, 3.05) is 0 Å². The molecule has 0 atom stereocenters. The zero-order chi connectivity index (χ0) is 10.6. The van der Waals surface area contributed by atoms with Gasteiger partial charge in [-0.15, -0.1) is 0 Å². The third kappa shape index (κ3) is 9.57. The molecule has 0 N–H and O–H groups in total. The molecule has 0 aliphatic rings. The van der Waals surface area contributed by atoms with Crippen LogP contribution < -0.4 is 0 Å². The van der Waals surface area contributed by atoms with Gasteiger partial charge in [-0.05, 0) is 26.2 Å². The maximum Gasteiger partial charge on any atom is -0.0345 e. The Labute approximate surface area is 90.1 Å². The van der Waals surface area contributed by atoms with Gasteiger partial charge in [-0.3, -0.25) is 0 Å². The van der Waals surface area contributed by atoms with Crippen LogP contribution in [0.5, 0.6) is 0 Å². The summed E-state index contributed by atoms with van der Waals surface area (Å²) < 4.78 is 0. The summed E-state index contributed by atoms with van der Waals surface area (Å²) in [6.07, 6.45) is 16.1. The van der Waals surface area contributed by atoms with Crippen LogP contribution in [0.2, 0.25) is 0 Å². The van der Waals surface area contributed by atoms with Gasteiger partial charge in [-0.2, -0.15) is 0 Å². The Morgan fingerprint density at radius 1 is 0.929 bits per heavy atom. The number of hydrogen-bond acceptors (Lipinski definition) is 0. The molecule has 0 spiro atoms. The van der Waals surface area contributed by atoms with Gasteiger partial charge in [0.05, 0.1) is 0 Å². The summed E-state index contributed by atoms with van der Waals surface area (Å²) in [5.74, 6) is 0. The predicted molar refractivity (Wildman–Crippen MR) is 66.6 cm³/mol. The van der Waals surface area contributed by atoms with Crippen molar-refractivity contribution in [3.8, 4) is 0 Å². The van der Waals surface area contributed by atoms with Crippen molar-refractivity contribution in [1.29, 1.82) is 0 Å². The summed E-state index contributed by atoms with van der Waals surface area (Å²) in [7, 11) is 0. The van der Waals surface area contributed by atoms with Crippen molar-refractivity contribution in [1.82, 2.24) is 0 Å². The first-order chi connectivity index (χ1) is 6.81. The number of hydrogen-bond donors (Lipinski definition) is 0. The Kier molecular flexibility index (Phi) is 10.2. The molecule has 0 fully saturated rings. The summed E-state index contributed by atoms with van der Waals surface area (Å²) in [5.41, 5.74) is 1.43. The molecule has 0 heteroatoms. The molecule has 0 heterocycles. The van der Waals surface area contributed by atoms with Crippen molar-refractivity contribution in [3.63, 3.8) is 0 Å². The van der Waals surface area contributed by atoms with E-state index in [4.69, 9.17) is 0 Å². The molecule has 0 aliphatic carbocycles. The van der Waals surface area contributed by atoms with E-state index in [0.29, 0.717) is 0 Å². The summed E-state index contributed by atoms with van der Waals surface area (Å²) >= 11 is 0. The third-order valence-corrected chi connectivity index (χ3v) is 2.36. The first kappa shape index (κ1) is 13.5. The second-order valence-corrected chi connectivity index (χ2v) is 3.99. The second kappa shape index (κ2) is 10.6. The van der Waals surface area contributed by atoms with E-state index in [1.165, 1.54) is 50.5 Å². The van der Waals surface area contributed by atoms with Gasteiger partial charge in [-0.1, -0.05) is 63.3 Å². The summed E-state index contributed by atoms with van der Waals surface area (Å²) in [6, 6.07) is 0. The van der Waals surface area contributed by atoms with Gasteiger partial charge < -0.3 is 0 Å². The molecule has 0 aromatic carbocycles. The maximum absolute atomic E-state index is 2.36. The van der Waals surface area contributed by atoms with E-state index in [1.807, 2.05) is 0 Å². The lowest BCUT2D eigenvalue weighted by Gasteiger charge is -1.96. The maximum atomic E-state index is 2.36. The number of allylic oxidation sites excluding steroid dienone is 4. The zero-order valence-corrected chi connectivity index (χ0v) is 10.2. The fourth-order valence-electron chi connectivity index (χ4n) is 1.40. The predicted octanol–water partition coefficient (Wildman–Crippen LogP) is 5.26. The summed E-state index contributed by atoms with van der Waals surface area (Å²) in [5, 5.41) is 0. The van der Waals surface area contributed by atoms with Crippen molar-refractivity contribution in [3.05, 3.63) is 23.8 Å². The van der Waals surface area contributed by atoms with Crippen LogP contribution in [0.25, 0.3) is 0 Å². The zero-order valence-electron chi connectivity index (χ0n) is 10.2. The second-order valence-electron chi connectivity index (χ2n) is 3.99. The lowest BCUT2D eigenvalue weighted by molar-refractivity contribution is 0.673. The van der Waals surface area contributed by atoms with Gasteiger partial charge >= 0.3 is 0 Å². The minimum absolute atomic E-state index is 1.21. The minimum atomic E-state index is 1.21. The smallest absolute Gasteiger partial charge is 0.0345 e. The van der Waals surface area contributed by atoms with Gasteiger partial charge in [0.1, 0.15) is 0 Å². The number of unbranched alkanes of at least 4 members (excludes halogenated alkanes) is 5. The molecule has 0 aliphatic heterocycles. The normalized spacial score (nSPS) is 12.6. The average Bonchev–Trinajstić information content (AvgIpc) is 2.18. The van der Waals surface area contributed by atoms with E-state index in [2.05, 4.69) is 39.0 Å². The topological polar surface area (TPSA) is 0 Å². The van der Waals surface area contributed by atoms with Crippen molar-refractivity contribution >= 4 is 0 Å². The van der Waals surface area contributed by atoms with Crippen molar-refractivity contribution in [2.45, 2.75) is 65.7 Å². The molecule has 0 nitrogen and oxygen atoms in total. The minimum Gasteiger partial charge on any atom is -0.0843 e. The number of rotatable bonds is 8. The highest BCUT2D eigenvalue weighted by atomic mass is 13.9. The molecule has 14 heavy (non-hydrogen) atoms. The van der Waals surface area contributed by atoms with Crippen molar-refractivity contribution < 1.29 is 0 Å². The molecule has 0 amide bonds. The summed E-state index contributed by atoms with van der Waals surface area (Å²) in [6.45, 7) is 6.68. The standard InChI is InChI=1S/C14H26/c1-4-6-8-9-11-13-14(3)12-10-7-5-2/h10,12-13H,4-9,11H2,1-3H3. The fourth-order valence-corrected chi connectivity index (χ4v) is 1.40. The SMILES string of the molecule is CCCC=CC(C)=CCCCCCC. The van der Waals surface area contributed by atoms with Gasteiger partial charge in [0.25, 0.3) is 0 Å². The van der Waals surface area contributed by atoms with Crippen LogP contribution in [0.4, 0.5) is 0 Å². The first-order valence-corrected chi connectivity index (χ1v) is 6.14. The molecule has 0 aromatic heterocycles. The van der Waals surface area contributed by atoms with Gasteiger partial charge in [0.2, 0.25) is 0 Å². The Bertz CT molecular complexity index is 163. The molecular weight excluding hydrogens is 168 g/mol. The van der Waals surface area contributed by atoms with Crippen LogP contribution in [0.3, 0.4) is 0 Å². The Balaban J connectivity index is 3.45. The van der Waals surface area contributed by atoms with Gasteiger partial charge in [0, 0.05) is 0 Å². The van der Waals surface area contributed by atoms with Crippen molar-refractivity contribution in [2.24, 2.45) is 0 Å². The van der Waals surface area contributed by atoms with E-state index in [9.17, 15) is 0 Å². The van der Waals surface area contributed by atoms with E-state index < -0.39 is 0 Å². The van der Waals surface area contributed by atoms with E-state index in [0.717, 1.165) is 0 Å². The quantitative estimate of drug-likeness (QED) is 0.365. The highest BCUT2D eigenvalue weighted by molar-refractivity contribution is 5.15. The van der Waals surface area contributed by atoms with Crippen LogP contribution in [0.15, 0.2) is 23.8 Å². The van der Waals surface area contributed by atoms with E-state index in [1.54, 1.807) is 0 Å². The van der Waals surface area contributed by atoms with Crippen LogP contribution >= 0.6 is 0 Å². The Hall–Kier alpha value is -0.520. The molecule has 0 radical (unpaired) electrons. The molecule has 0 rings (SSSR count). The van der Waals surface area contributed by atoms with Crippen LogP contribution in [0.1, 0.15) is 65.7 Å². The monoisotopic (exact) mass is 194 g/mol. The fraction of sp³-hybridized carbons (Fsp3) is 0.714. The molecule has 0 saturated heterocycles. The molecule has 0 bridgehead atoms.